The third-order valence-electron chi connectivity index (χ3n) is 4.59. The van der Waals surface area contributed by atoms with E-state index in [1.807, 2.05) is 13.8 Å². The first kappa shape index (κ1) is 18.3. The van der Waals surface area contributed by atoms with Gasteiger partial charge >= 0.3 is 0 Å². The van der Waals surface area contributed by atoms with Crippen molar-refractivity contribution in [2.75, 3.05) is 31.6 Å². The van der Waals surface area contributed by atoms with Crippen LogP contribution >= 0.6 is 0 Å². The van der Waals surface area contributed by atoms with Gasteiger partial charge in [-0.25, -0.2) is 14.4 Å². The van der Waals surface area contributed by atoms with Crippen LogP contribution < -0.4 is 5.32 Å². The molecule has 2 aromatic heterocycles. The van der Waals surface area contributed by atoms with Crippen LogP contribution in [0.25, 0.3) is 11.0 Å². The predicted molar refractivity (Wildman–Crippen MR) is 102 cm³/mol. The molecular weight excluding hydrogens is 363 g/mol. The van der Waals surface area contributed by atoms with E-state index in [2.05, 4.69) is 25.5 Å². The molecule has 1 aliphatic rings. The van der Waals surface area contributed by atoms with E-state index in [9.17, 15) is 9.18 Å². The fraction of sp³-hybridized carbons (Fsp3) is 0.368. The third-order valence-corrected chi connectivity index (χ3v) is 4.59. The summed E-state index contributed by atoms with van der Waals surface area (Å²) in [6.07, 6.45) is 1.62. The first-order chi connectivity index (χ1) is 13.5. The molecule has 4 rings (SSSR count). The summed E-state index contributed by atoms with van der Waals surface area (Å²) in [5, 5.41) is 9.97. The molecule has 2 N–H and O–H groups in total. The molecule has 0 bridgehead atoms. The molecule has 0 saturated carbocycles. The van der Waals surface area contributed by atoms with Crippen molar-refractivity contribution in [2.45, 2.75) is 19.8 Å². The molecule has 28 heavy (non-hydrogen) atoms. The van der Waals surface area contributed by atoms with E-state index in [0.717, 1.165) is 0 Å². The van der Waals surface area contributed by atoms with E-state index in [1.165, 1.54) is 12.1 Å². The number of fused-ring (bicyclic) bond motifs is 1. The van der Waals surface area contributed by atoms with Crippen molar-refractivity contribution in [2.24, 2.45) is 0 Å². The average molecular weight is 384 g/mol. The topological polar surface area (TPSA) is 96.0 Å². The van der Waals surface area contributed by atoms with Crippen LogP contribution in [0.5, 0.6) is 0 Å². The number of aromatic nitrogens is 4. The summed E-state index contributed by atoms with van der Waals surface area (Å²) < 4.78 is 19.9. The molecule has 146 valence electrons. The average Bonchev–Trinajstić information content (AvgIpc) is 3.17. The Kier molecular flexibility index (Phi) is 4.91. The number of nitrogens with one attached hydrogen (secondary N) is 2. The van der Waals surface area contributed by atoms with Gasteiger partial charge in [-0.15, -0.1) is 0 Å². The lowest BCUT2D eigenvalue weighted by Crippen LogP contribution is -2.41. The normalized spacial score (nSPS) is 14.6. The van der Waals surface area contributed by atoms with E-state index in [0.29, 0.717) is 54.7 Å². The summed E-state index contributed by atoms with van der Waals surface area (Å²) >= 11 is 0. The van der Waals surface area contributed by atoms with E-state index in [-0.39, 0.29) is 17.4 Å². The van der Waals surface area contributed by atoms with Gasteiger partial charge in [0.15, 0.2) is 5.82 Å². The van der Waals surface area contributed by atoms with Crippen LogP contribution in [-0.4, -0.2) is 57.3 Å². The van der Waals surface area contributed by atoms with Crippen LogP contribution in [0.3, 0.4) is 0 Å². The smallest absolute Gasteiger partial charge is 0.256 e. The van der Waals surface area contributed by atoms with Gasteiger partial charge in [-0.1, -0.05) is 13.8 Å². The maximum absolute atomic E-state index is 14.6. The number of morpholine rings is 1. The minimum Gasteiger partial charge on any atom is -0.378 e. The van der Waals surface area contributed by atoms with Gasteiger partial charge in [0.05, 0.1) is 25.0 Å². The molecular formula is C19H21FN6O2. The number of nitrogens with zero attached hydrogens (tertiary/aromatic N) is 4. The molecule has 8 nitrogen and oxygen atoms in total. The number of benzene rings is 1. The zero-order chi connectivity index (χ0) is 19.7. The lowest BCUT2D eigenvalue weighted by atomic mass is 10.1. The molecule has 0 unspecified atom stereocenters. The monoisotopic (exact) mass is 384 g/mol. The summed E-state index contributed by atoms with van der Waals surface area (Å²) in [5.74, 6) is 0.395. The van der Waals surface area contributed by atoms with E-state index in [4.69, 9.17) is 4.74 Å². The number of rotatable bonds is 4. The standard InChI is InChI=1S/C19H21FN6O2/c1-11(2)17-23-15-10-21-25-16(15)18(24-17)22-12-3-4-13(14(20)9-12)19(27)26-5-7-28-8-6-26/h3-4,9-11H,5-8H2,1-2H3,(H,21,25)(H,22,23,24). The van der Waals surface area contributed by atoms with Gasteiger partial charge in [0, 0.05) is 24.7 Å². The Labute approximate surface area is 161 Å². The van der Waals surface area contributed by atoms with Gasteiger partial charge in [0.25, 0.3) is 5.91 Å². The quantitative estimate of drug-likeness (QED) is 0.718. The number of halogens is 1. The second kappa shape index (κ2) is 7.51. The zero-order valence-electron chi connectivity index (χ0n) is 15.7. The predicted octanol–water partition coefficient (Wildman–Crippen LogP) is 2.83. The molecule has 1 fully saturated rings. The third kappa shape index (κ3) is 3.53. The van der Waals surface area contributed by atoms with E-state index in [1.54, 1.807) is 17.2 Å². The number of carbonyl (C=O) groups excluding carboxylic acids is 1. The Morgan fingerprint density at radius 1 is 1.29 bits per heavy atom. The Balaban J connectivity index is 1.61. The number of carbonyl (C=O) groups is 1. The van der Waals surface area contributed by atoms with Gasteiger partial charge in [0.1, 0.15) is 22.7 Å². The molecule has 1 aliphatic heterocycles. The maximum atomic E-state index is 14.6. The molecule has 1 saturated heterocycles. The van der Waals surface area contributed by atoms with Crippen molar-refractivity contribution >= 4 is 28.4 Å². The van der Waals surface area contributed by atoms with Crippen LogP contribution in [0.2, 0.25) is 0 Å². The first-order valence-electron chi connectivity index (χ1n) is 9.17. The Morgan fingerprint density at radius 3 is 2.79 bits per heavy atom. The Morgan fingerprint density at radius 2 is 2.07 bits per heavy atom. The number of hydrogen-bond acceptors (Lipinski definition) is 6. The fourth-order valence-electron chi connectivity index (χ4n) is 3.05. The summed E-state index contributed by atoms with van der Waals surface area (Å²) in [5.41, 5.74) is 1.85. The summed E-state index contributed by atoms with van der Waals surface area (Å²) in [4.78, 5) is 23.1. The van der Waals surface area contributed by atoms with Gasteiger partial charge in [0.2, 0.25) is 0 Å². The van der Waals surface area contributed by atoms with Gasteiger partial charge in [-0.3, -0.25) is 9.89 Å². The molecule has 0 aliphatic carbocycles. The highest BCUT2D eigenvalue weighted by Gasteiger charge is 2.22. The largest absolute Gasteiger partial charge is 0.378 e. The minimum atomic E-state index is -0.583. The highest BCUT2D eigenvalue weighted by Crippen LogP contribution is 2.25. The minimum absolute atomic E-state index is 0.0460. The number of hydrogen-bond donors (Lipinski definition) is 2. The Bertz CT molecular complexity index is 1010. The molecule has 0 atom stereocenters. The summed E-state index contributed by atoms with van der Waals surface area (Å²) in [6.45, 7) is 5.87. The van der Waals surface area contributed by atoms with Crippen LogP contribution in [-0.2, 0) is 4.74 Å². The SMILES string of the molecule is CC(C)c1nc(Nc2ccc(C(=O)N3CCOCC3)c(F)c2)c2[nH]ncc2n1. The zero-order valence-corrected chi connectivity index (χ0v) is 15.7. The molecule has 1 aromatic carbocycles. The molecule has 1 amide bonds. The fourth-order valence-corrected chi connectivity index (χ4v) is 3.05. The molecule has 3 aromatic rings. The van der Waals surface area contributed by atoms with Crippen LogP contribution in [0.1, 0.15) is 35.9 Å². The molecule has 3 heterocycles. The summed E-state index contributed by atoms with van der Waals surface area (Å²) in [6, 6.07) is 4.45. The van der Waals surface area contributed by atoms with Crippen LogP contribution in [0, 0.1) is 5.82 Å². The van der Waals surface area contributed by atoms with Crippen molar-refractivity contribution in [1.29, 1.82) is 0 Å². The van der Waals surface area contributed by atoms with Crippen LogP contribution in [0.15, 0.2) is 24.4 Å². The number of ether oxygens (including phenoxy) is 1. The van der Waals surface area contributed by atoms with Crippen molar-refractivity contribution in [3.8, 4) is 0 Å². The number of anilines is 2. The van der Waals surface area contributed by atoms with Gasteiger partial charge < -0.3 is 15.0 Å². The van der Waals surface area contributed by atoms with Gasteiger partial charge in [-0.05, 0) is 18.2 Å². The highest BCUT2D eigenvalue weighted by molar-refractivity contribution is 5.95. The lowest BCUT2D eigenvalue weighted by Gasteiger charge is -2.27. The molecule has 9 heteroatoms. The second-order valence-electron chi connectivity index (χ2n) is 6.94. The number of aromatic amines is 1. The van der Waals surface area contributed by atoms with E-state index >= 15 is 0 Å². The van der Waals surface area contributed by atoms with Crippen molar-refractivity contribution in [1.82, 2.24) is 25.1 Å². The number of H-pyrrole nitrogens is 1. The van der Waals surface area contributed by atoms with Crippen molar-refractivity contribution in [3.63, 3.8) is 0 Å². The number of amides is 1. The molecule has 0 spiro atoms. The van der Waals surface area contributed by atoms with Crippen LogP contribution in [0.4, 0.5) is 15.9 Å². The van der Waals surface area contributed by atoms with Gasteiger partial charge in [-0.2, -0.15) is 5.10 Å². The second-order valence-corrected chi connectivity index (χ2v) is 6.94. The molecule has 0 radical (unpaired) electrons. The highest BCUT2D eigenvalue weighted by atomic mass is 19.1. The summed E-state index contributed by atoms with van der Waals surface area (Å²) in [7, 11) is 0. The Hall–Kier alpha value is -3.07. The van der Waals surface area contributed by atoms with Crippen molar-refractivity contribution < 1.29 is 13.9 Å². The first-order valence-corrected chi connectivity index (χ1v) is 9.17. The van der Waals surface area contributed by atoms with E-state index < -0.39 is 5.82 Å². The maximum Gasteiger partial charge on any atom is 0.256 e. The van der Waals surface area contributed by atoms with Crippen molar-refractivity contribution in [3.05, 3.63) is 41.6 Å². The lowest BCUT2D eigenvalue weighted by molar-refractivity contribution is 0.0300.